The van der Waals surface area contributed by atoms with Crippen LogP contribution in [0.5, 0.6) is 0 Å². The number of hydrogen-bond acceptors (Lipinski definition) is 3. The summed E-state index contributed by atoms with van der Waals surface area (Å²) in [6.07, 6.45) is 1.21. The molecule has 3 nitrogen and oxygen atoms in total. The zero-order valence-electron chi connectivity index (χ0n) is 9.53. The first-order valence-electron chi connectivity index (χ1n) is 4.72. The fraction of sp³-hybridized carbons (Fsp3) is 0.455. The van der Waals surface area contributed by atoms with E-state index >= 15 is 0 Å². The summed E-state index contributed by atoms with van der Waals surface area (Å²) in [5.74, 6) is 0. The second kappa shape index (κ2) is 3.61. The summed E-state index contributed by atoms with van der Waals surface area (Å²) in [6, 6.07) is 5.22. The van der Waals surface area contributed by atoms with E-state index < -0.39 is 15.4 Å². The highest BCUT2D eigenvalue weighted by molar-refractivity contribution is 7.90. The lowest BCUT2D eigenvalue weighted by atomic mass is 9.94. The maximum absolute atomic E-state index is 11.4. The topological polar surface area (TPSA) is 60.2 Å². The molecule has 0 saturated heterocycles. The van der Waals surface area contributed by atoms with Gasteiger partial charge in [0.25, 0.3) is 0 Å². The molecule has 0 saturated carbocycles. The summed E-state index contributed by atoms with van der Waals surface area (Å²) < 4.78 is 22.8. The van der Waals surface area contributed by atoms with Crippen molar-refractivity contribution in [1.82, 2.24) is 0 Å². The Morgan fingerprint density at radius 2 is 1.80 bits per heavy atom. The summed E-state index contributed by atoms with van der Waals surface area (Å²) >= 11 is 0. The van der Waals surface area contributed by atoms with E-state index in [2.05, 4.69) is 0 Å². The normalized spacial score (nSPS) is 12.9. The van der Waals surface area contributed by atoms with Crippen LogP contribution < -0.4 is 5.73 Å². The van der Waals surface area contributed by atoms with Crippen molar-refractivity contribution >= 4 is 9.84 Å². The minimum Gasteiger partial charge on any atom is -0.322 e. The number of aryl methyl sites for hydroxylation is 1. The molecule has 1 aromatic rings. The third-order valence-corrected chi connectivity index (χ3v) is 3.58. The van der Waals surface area contributed by atoms with E-state index in [4.69, 9.17) is 5.73 Å². The van der Waals surface area contributed by atoms with E-state index in [0.717, 1.165) is 11.1 Å². The Morgan fingerprint density at radius 1 is 1.27 bits per heavy atom. The molecule has 0 aliphatic rings. The predicted octanol–water partition coefficient (Wildman–Crippen LogP) is 1.59. The Balaban J connectivity index is 3.34. The fourth-order valence-electron chi connectivity index (χ4n) is 1.47. The molecule has 0 unspecified atom stereocenters. The molecule has 0 aliphatic carbocycles. The Hall–Kier alpha value is -0.870. The second-order valence-corrected chi connectivity index (χ2v) is 6.46. The standard InChI is InChI=1S/C11H17NO2S/c1-8-7-9(11(2,3)12)5-6-10(8)15(4,13)14/h5-7H,12H2,1-4H3. The zero-order chi connectivity index (χ0) is 11.9. The number of sulfone groups is 1. The zero-order valence-corrected chi connectivity index (χ0v) is 10.4. The molecule has 0 radical (unpaired) electrons. The lowest BCUT2D eigenvalue weighted by Crippen LogP contribution is -2.28. The first kappa shape index (κ1) is 12.2. The van der Waals surface area contributed by atoms with Crippen molar-refractivity contribution in [2.45, 2.75) is 31.2 Å². The molecule has 0 bridgehead atoms. The van der Waals surface area contributed by atoms with Gasteiger partial charge < -0.3 is 5.73 Å². The van der Waals surface area contributed by atoms with Crippen LogP contribution in [0, 0.1) is 6.92 Å². The van der Waals surface area contributed by atoms with E-state index in [9.17, 15) is 8.42 Å². The molecule has 0 fully saturated rings. The summed E-state index contributed by atoms with van der Waals surface area (Å²) in [7, 11) is -3.14. The predicted molar refractivity (Wildman–Crippen MR) is 61.5 cm³/mol. The quantitative estimate of drug-likeness (QED) is 0.834. The summed E-state index contributed by atoms with van der Waals surface area (Å²) in [5.41, 5.74) is 7.17. The van der Waals surface area contributed by atoms with Crippen LogP contribution in [-0.4, -0.2) is 14.7 Å². The second-order valence-electron chi connectivity index (χ2n) is 4.47. The summed E-state index contributed by atoms with van der Waals surface area (Å²) in [6.45, 7) is 5.56. The van der Waals surface area contributed by atoms with Crippen LogP contribution in [0.4, 0.5) is 0 Å². The van der Waals surface area contributed by atoms with Crippen LogP contribution in [0.25, 0.3) is 0 Å². The summed E-state index contributed by atoms with van der Waals surface area (Å²) in [4.78, 5) is 0.371. The van der Waals surface area contributed by atoms with Gasteiger partial charge in [0.2, 0.25) is 0 Å². The van der Waals surface area contributed by atoms with Crippen molar-refractivity contribution < 1.29 is 8.42 Å². The molecule has 0 spiro atoms. The highest BCUT2D eigenvalue weighted by atomic mass is 32.2. The fourth-order valence-corrected chi connectivity index (χ4v) is 2.43. The molecule has 0 aromatic heterocycles. The number of nitrogens with two attached hydrogens (primary N) is 1. The summed E-state index contributed by atoms with van der Waals surface area (Å²) in [5, 5.41) is 0. The Kier molecular flexibility index (Phi) is 2.94. The molecular weight excluding hydrogens is 210 g/mol. The molecule has 2 N–H and O–H groups in total. The Bertz CT molecular complexity index is 470. The Labute approximate surface area is 91.2 Å². The van der Waals surface area contributed by atoms with Crippen molar-refractivity contribution in [3.05, 3.63) is 29.3 Å². The average Bonchev–Trinajstić information content (AvgIpc) is 1.99. The van der Waals surface area contributed by atoms with Gasteiger partial charge in [0.1, 0.15) is 0 Å². The van der Waals surface area contributed by atoms with Crippen molar-refractivity contribution in [1.29, 1.82) is 0 Å². The molecule has 1 rings (SSSR count). The first-order chi connectivity index (χ1) is 6.62. The van der Waals surface area contributed by atoms with Crippen LogP contribution in [0.3, 0.4) is 0 Å². The maximum atomic E-state index is 11.4. The molecule has 1 aromatic carbocycles. The maximum Gasteiger partial charge on any atom is 0.175 e. The van der Waals surface area contributed by atoms with Gasteiger partial charge in [-0.15, -0.1) is 0 Å². The SMILES string of the molecule is Cc1cc(C(C)(C)N)ccc1S(C)(=O)=O. The molecule has 0 aliphatic heterocycles. The van der Waals surface area contributed by atoms with Gasteiger partial charge in [0, 0.05) is 11.8 Å². The number of hydrogen-bond donors (Lipinski definition) is 1. The van der Waals surface area contributed by atoms with Crippen molar-refractivity contribution in [3.63, 3.8) is 0 Å². The van der Waals surface area contributed by atoms with E-state index in [1.165, 1.54) is 6.26 Å². The first-order valence-corrected chi connectivity index (χ1v) is 6.61. The number of rotatable bonds is 2. The smallest absolute Gasteiger partial charge is 0.175 e. The van der Waals surface area contributed by atoms with E-state index in [-0.39, 0.29) is 0 Å². The minimum atomic E-state index is -3.14. The van der Waals surface area contributed by atoms with Gasteiger partial charge in [-0.25, -0.2) is 8.42 Å². The van der Waals surface area contributed by atoms with Gasteiger partial charge in [0.15, 0.2) is 9.84 Å². The van der Waals surface area contributed by atoms with Crippen molar-refractivity contribution in [3.8, 4) is 0 Å². The van der Waals surface area contributed by atoms with Gasteiger partial charge in [0.05, 0.1) is 4.90 Å². The van der Waals surface area contributed by atoms with Crippen molar-refractivity contribution in [2.75, 3.05) is 6.26 Å². The third kappa shape index (κ3) is 2.79. The molecule has 84 valence electrons. The highest BCUT2D eigenvalue weighted by Crippen LogP contribution is 2.22. The van der Waals surface area contributed by atoms with Gasteiger partial charge in [-0.1, -0.05) is 12.1 Å². The molecule has 0 amide bonds. The van der Waals surface area contributed by atoms with Gasteiger partial charge in [-0.05, 0) is 38.0 Å². The minimum absolute atomic E-state index is 0.371. The van der Waals surface area contributed by atoms with Crippen LogP contribution >= 0.6 is 0 Å². The van der Waals surface area contributed by atoms with Crippen molar-refractivity contribution in [2.24, 2.45) is 5.73 Å². The van der Waals surface area contributed by atoms with Crippen LogP contribution in [0.1, 0.15) is 25.0 Å². The molecule has 15 heavy (non-hydrogen) atoms. The largest absolute Gasteiger partial charge is 0.322 e. The molecule has 0 atom stereocenters. The molecule has 4 heteroatoms. The van der Waals surface area contributed by atoms with Crippen LogP contribution in [0.15, 0.2) is 23.1 Å². The van der Waals surface area contributed by atoms with E-state index in [0.29, 0.717) is 4.90 Å². The van der Waals surface area contributed by atoms with Crippen LogP contribution in [0.2, 0.25) is 0 Å². The lowest BCUT2D eigenvalue weighted by Gasteiger charge is -2.20. The number of benzene rings is 1. The van der Waals surface area contributed by atoms with E-state index in [1.807, 2.05) is 19.9 Å². The lowest BCUT2D eigenvalue weighted by molar-refractivity contribution is 0.553. The van der Waals surface area contributed by atoms with Gasteiger partial charge in [-0.3, -0.25) is 0 Å². The Morgan fingerprint density at radius 3 is 2.13 bits per heavy atom. The van der Waals surface area contributed by atoms with E-state index in [1.54, 1.807) is 19.1 Å². The average molecular weight is 227 g/mol. The van der Waals surface area contributed by atoms with Gasteiger partial charge in [-0.2, -0.15) is 0 Å². The molecule has 0 heterocycles. The van der Waals surface area contributed by atoms with Gasteiger partial charge >= 0.3 is 0 Å². The molecular formula is C11H17NO2S. The highest BCUT2D eigenvalue weighted by Gasteiger charge is 2.17. The third-order valence-electron chi connectivity index (χ3n) is 2.32. The van der Waals surface area contributed by atoms with Crippen LogP contribution in [-0.2, 0) is 15.4 Å². The monoisotopic (exact) mass is 227 g/mol.